The van der Waals surface area contributed by atoms with Crippen molar-refractivity contribution in [1.29, 1.82) is 5.26 Å². The van der Waals surface area contributed by atoms with Gasteiger partial charge in [0.2, 0.25) is 0 Å². The minimum atomic E-state index is -0.504. The fourth-order valence-electron chi connectivity index (χ4n) is 6.53. The fourth-order valence-corrected chi connectivity index (χ4v) is 6.53. The van der Waals surface area contributed by atoms with Crippen LogP contribution < -0.4 is 9.64 Å². The van der Waals surface area contributed by atoms with E-state index in [9.17, 15) is 10.1 Å². The predicted molar refractivity (Wildman–Crippen MR) is 151 cm³/mol. The summed E-state index contributed by atoms with van der Waals surface area (Å²) in [7, 11) is 0. The fraction of sp³-hybridized carbons (Fsp3) is 0.533. The van der Waals surface area contributed by atoms with Gasteiger partial charge in [-0.25, -0.2) is 14.3 Å². The number of morpholine rings is 1. The maximum Gasteiger partial charge on any atom is 0.410 e. The number of rotatable bonds is 6. The lowest BCUT2D eigenvalue weighted by atomic mass is 9.88. The molecular formula is C30H35N7O4. The number of nitrogens with zero attached hydrogens (tertiary/aromatic N) is 7. The summed E-state index contributed by atoms with van der Waals surface area (Å²) < 4.78 is 19.2. The standard InChI is InChI=1S/C30H35N7O4/c1-30(2,3)41-29(38)37-21-8-22(37)15-35(14-21)27-5-4-19(12-32-27)26-10-23(18-36-28(26)20(11-31)13-33-36)39-7-6-34-16-24-9-25(17-34)40-24/h4-5,10,12-13,18,21-22,24-25H,6-9,14-17H2,1-3H3. The molecule has 6 saturated heterocycles. The number of hydrogen-bond donors (Lipinski definition) is 0. The number of anilines is 1. The second-order valence-electron chi connectivity index (χ2n) is 12.5. The van der Waals surface area contributed by atoms with Crippen LogP contribution in [0.5, 0.6) is 5.75 Å². The summed E-state index contributed by atoms with van der Waals surface area (Å²) in [6, 6.07) is 8.53. The van der Waals surface area contributed by atoms with E-state index in [1.807, 2.05) is 56.3 Å². The van der Waals surface area contributed by atoms with Crippen molar-refractivity contribution in [1.82, 2.24) is 24.4 Å². The molecule has 41 heavy (non-hydrogen) atoms. The number of nitriles is 1. The molecule has 0 radical (unpaired) electrons. The monoisotopic (exact) mass is 557 g/mol. The Morgan fingerprint density at radius 3 is 2.54 bits per heavy atom. The van der Waals surface area contributed by atoms with Gasteiger partial charge in [-0.05, 0) is 45.4 Å². The van der Waals surface area contributed by atoms with Crippen LogP contribution in [0, 0.1) is 11.3 Å². The molecule has 0 N–H and O–H groups in total. The molecule has 6 fully saturated rings. The van der Waals surface area contributed by atoms with Crippen LogP contribution in [0.15, 0.2) is 36.8 Å². The zero-order chi connectivity index (χ0) is 28.3. The molecular weight excluding hydrogens is 522 g/mol. The van der Waals surface area contributed by atoms with Crippen molar-refractivity contribution >= 4 is 17.4 Å². The summed E-state index contributed by atoms with van der Waals surface area (Å²) in [5, 5.41) is 14.1. The molecule has 6 aliphatic rings. The van der Waals surface area contributed by atoms with Crippen molar-refractivity contribution in [2.45, 2.75) is 63.5 Å². The van der Waals surface area contributed by atoms with E-state index < -0.39 is 5.60 Å². The summed E-state index contributed by atoms with van der Waals surface area (Å²) in [6.45, 7) is 10.5. The minimum Gasteiger partial charge on any atom is -0.491 e. The van der Waals surface area contributed by atoms with Crippen LogP contribution in [0.25, 0.3) is 16.6 Å². The Kier molecular flexibility index (Phi) is 6.28. The summed E-state index contributed by atoms with van der Waals surface area (Å²) >= 11 is 0. The number of hydrogen-bond acceptors (Lipinski definition) is 9. The molecule has 3 aromatic heterocycles. The summed E-state index contributed by atoms with van der Waals surface area (Å²) in [6.07, 6.45) is 7.94. The number of amides is 1. The van der Waals surface area contributed by atoms with E-state index in [2.05, 4.69) is 21.0 Å². The van der Waals surface area contributed by atoms with E-state index in [-0.39, 0.29) is 18.2 Å². The second-order valence-corrected chi connectivity index (χ2v) is 12.5. The summed E-state index contributed by atoms with van der Waals surface area (Å²) in [5.74, 6) is 1.56. The first kappa shape index (κ1) is 26.0. The highest BCUT2D eigenvalue weighted by Crippen LogP contribution is 2.36. The Morgan fingerprint density at radius 2 is 1.88 bits per heavy atom. The average Bonchev–Trinajstić information content (AvgIpc) is 3.34. The number of fused-ring (bicyclic) bond motifs is 5. The van der Waals surface area contributed by atoms with Crippen molar-refractivity contribution in [3.05, 3.63) is 42.4 Å². The van der Waals surface area contributed by atoms with Gasteiger partial charge in [-0.2, -0.15) is 10.4 Å². The second kappa shape index (κ2) is 9.89. The van der Waals surface area contributed by atoms with Gasteiger partial charge in [0.25, 0.3) is 0 Å². The zero-order valence-corrected chi connectivity index (χ0v) is 23.7. The molecule has 0 saturated carbocycles. The highest BCUT2D eigenvalue weighted by atomic mass is 16.6. The highest BCUT2D eigenvalue weighted by Gasteiger charge is 2.49. The van der Waals surface area contributed by atoms with E-state index in [0.717, 1.165) is 61.6 Å². The van der Waals surface area contributed by atoms with Crippen LogP contribution in [-0.2, 0) is 9.47 Å². The number of ether oxygens (including phenoxy) is 3. The minimum absolute atomic E-state index is 0.131. The molecule has 4 atom stereocenters. The average molecular weight is 558 g/mol. The molecule has 6 aliphatic heterocycles. The molecule has 0 spiro atoms. The SMILES string of the molecule is CC(C)(C)OC(=O)N1C2CC1CN(c1ccc(-c3cc(OCCN4CC5CC(C4)O5)cn4ncc(C#N)c34)cn1)C2. The van der Waals surface area contributed by atoms with Crippen LogP contribution in [0.3, 0.4) is 0 Å². The third-order valence-corrected chi connectivity index (χ3v) is 8.40. The van der Waals surface area contributed by atoms with Gasteiger partial charge in [0, 0.05) is 56.5 Å². The van der Waals surface area contributed by atoms with Gasteiger partial charge in [-0.15, -0.1) is 0 Å². The van der Waals surface area contributed by atoms with Crippen molar-refractivity contribution in [2.24, 2.45) is 0 Å². The summed E-state index contributed by atoms with van der Waals surface area (Å²) in [5.41, 5.74) is 2.46. The van der Waals surface area contributed by atoms with E-state index >= 15 is 0 Å². The lowest BCUT2D eigenvalue weighted by Crippen LogP contribution is -2.70. The molecule has 11 nitrogen and oxygen atoms in total. The van der Waals surface area contributed by atoms with Crippen molar-refractivity contribution < 1.29 is 19.0 Å². The molecule has 214 valence electrons. The molecule has 9 rings (SSSR count). The van der Waals surface area contributed by atoms with E-state index in [1.165, 1.54) is 6.42 Å². The predicted octanol–water partition coefficient (Wildman–Crippen LogP) is 3.32. The number of carbonyl (C=O) groups is 1. The lowest BCUT2D eigenvalue weighted by molar-refractivity contribution is -0.181. The Hall–Kier alpha value is -3.88. The van der Waals surface area contributed by atoms with E-state index in [0.29, 0.717) is 30.1 Å². The van der Waals surface area contributed by atoms with Crippen molar-refractivity contribution in [3.63, 3.8) is 0 Å². The summed E-state index contributed by atoms with van der Waals surface area (Å²) in [4.78, 5) is 23.9. The van der Waals surface area contributed by atoms with Crippen LogP contribution >= 0.6 is 0 Å². The first-order valence-electron chi connectivity index (χ1n) is 14.4. The van der Waals surface area contributed by atoms with Gasteiger partial charge in [0.15, 0.2) is 0 Å². The first-order valence-corrected chi connectivity index (χ1v) is 14.4. The molecule has 9 heterocycles. The van der Waals surface area contributed by atoms with Crippen LogP contribution in [-0.4, -0.2) is 99.7 Å². The molecule has 4 unspecified atom stereocenters. The smallest absolute Gasteiger partial charge is 0.410 e. The van der Waals surface area contributed by atoms with Crippen LogP contribution in [0.4, 0.5) is 10.6 Å². The van der Waals surface area contributed by atoms with Gasteiger partial charge in [-0.1, -0.05) is 0 Å². The topological polar surface area (TPSA) is 108 Å². The molecule has 1 amide bonds. The third kappa shape index (κ3) is 4.96. The Morgan fingerprint density at radius 1 is 1.12 bits per heavy atom. The quantitative estimate of drug-likeness (QED) is 0.451. The third-order valence-electron chi connectivity index (χ3n) is 8.40. The number of pyridine rings is 2. The Bertz CT molecular complexity index is 1480. The Labute approximate surface area is 239 Å². The zero-order valence-electron chi connectivity index (χ0n) is 23.7. The van der Waals surface area contributed by atoms with Crippen LogP contribution in [0.1, 0.15) is 39.2 Å². The van der Waals surface area contributed by atoms with Gasteiger partial charge in [-0.3, -0.25) is 9.80 Å². The van der Waals surface area contributed by atoms with Crippen molar-refractivity contribution in [3.8, 4) is 22.9 Å². The maximum atomic E-state index is 12.6. The van der Waals surface area contributed by atoms with E-state index in [1.54, 1.807) is 10.7 Å². The number of piperidine rings is 2. The lowest BCUT2D eigenvalue weighted by Gasteiger charge is -2.56. The number of piperazine rings is 1. The highest BCUT2D eigenvalue weighted by molar-refractivity contribution is 5.85. The van der Waals surface area contributed by atoms with Crippen molar-refractivity contribution in [2.75, 3.05) is 44.2 Å². The van der Waals surface area contributed by atoms with Gasteiger partial charge in [0.1, 0.15) is 29.8 Å². The van der Waals surface area contributed by atoms with Gasteiger partial charge in [0.05, 0.1) is 47.8 Å². The molecule has 4 bridgehead atoms. The van der Waals surface area contributed by atoms with Gasteiger partial charge >= 0.3 is 6.09 Å². The molecule has 3 aromatic rings. The maximum absolute atomic E-state index is 12.6. The van der Waals surface area contributed by atoms with Gasteiger partial charge < -0.3 is 19.1 Å². The molecule has 0 aliphatic carbocycles. The molecule has 11 heteroatoms. The molecule has 0 aromatic carbocycles. The van der Waals surface area contributed by atoms with E-state index in [4.69, 9.17) is 19.2 Å². The normalized spacial score (nSPS) is 25.3. The largest absolute Gasteiger partial charge is 0.491 e. The van der Waals surface area contributed by atoms with Crippen LogP contribution in [0.2, 0.25) is 0 Å². The first-order chi connectivity index (χ1) is 19.7. The number of carbonyl (C=O) groups excluding carboxylic acids is 1. The Balaban J connectivity index is 1.06. The number of aromatic nitrogens is 3.